The van der Waals surface area contributed by atoms with Crippen molar-refractivity contribution in [1.82, 2.24) is 24.9 Å². The van der Waals surface area contributed by atoms with Gasteiger partial charge < -0.3 is 14.6 Å². The quantitative estimate of drug-likeness (QED) is 0.276. The number of benzene rings is 1. The van der Waals surface area contributed by atoms with Gasteiger partial charge >= 0.3 is 12.7 Å². The molecule has 4 aromatic rings. The number of halogens is 6. The number of nitrogens with one attached hydrogen (secondary N) is 1. The molecule has 0 bridgehead atoms. The highest BCUT2D eigenvalue weighted by atomic mass is 19.4. The number of hydrogen-bond donors (Lipinski definition) is 1. The minimum absolute atomic E-state index is 0.0202. The van der Waals surface area contributed by atoms with E-state index in [4.69, 9.17) is 9.26 Å². The molecular weight excluding hydrogens is 546 g/mol. The first-order chi connectivity index (χ1) is 19.0. The SMILES string of the molecule is COc1nn(C(F)F)cc1Cc1ncc(-c2ccc(CC(=O)Nc3cc(C4(C(F)(F)F)CC4)on3)c(F)c2)cn1. The summed E-state index contributed by atoms with van der Waals surface area (Å²) in [5, 5.41) is 9.45. The Labute approximate surface area is 222 Å². The van der Waals surface area contributed by atoms with E-state index in [1.165, 1.54) is 31.6 Å². The van der Waals surface area contributed by atoms with Crippen LogP contribution in [0.5, 0.6) is 5.88 Å². The van der Waals surface area contributed by atoms with Crippen molar-refractivity contribution in [2.24, 2.45) is 0 Å². The molecule has 1 fully saturated rings. The van der Waals surface area contributed by atoms with Gasteiger partial charge in [-0.2, -0.15) is 22.0 Å². The second-order valence-electron chi connectivity index (χ2n) is 9.17. The van der Waals surface area contributed by atoms with Gasteiger partial charge in [0, 0.05) is 42.2 Å². The van der Waals surface area contributed by atoms with Crippen molar-refractivity contribution in [3.8, 4) is 17.0 Å². The Morgan fingerprint density at radius 2 is 1.88 bits per heavy atom. The number of aromatic nitrogens is 5. The summed E-state index contributed by atoms with van der Waals surface area (Å²) in [6.07, 6.45) is -1.05. The first-order valence-corrected chi connectivity index (χ1v) is 11.8. The molecule has 3 heterocycles. The number of amides is 1. The fraction of sp³-hybridized carbons (Fsp3) is 0.320. The van der Waals surface area contributed by atoms with Gasteiger partial charge in [-0.3, -0.25) is 4.79 Å². The van der Waals surface area contributed by atoms with Gasteiger partial charge in [-0.25, -0.2) is 19.0 Å². The van der Waals surface area contributed by atoms with Gasteiger partial charge in [0.05, 0.1) is 13.5 Å². The van der Waals surface area contributed by atoms with E-state index in [1.807, 2.05) is 0 Å². The van der Waals surface area contributed by atoms with Crippen molar-refractivity contribution in [3.05, 3.63) is 71.4 Å². The highest BCUT2D eigenvalue weighted by Crippen LogP contribution is 2.59. The molecule has 1 aliphatic carbocycles. The highest BCUT2D eigenvalue weighted by Gasteiger charge is 2.66. The van der Waals surface area contributed by atoms with Crippen LogP contribution in [-0.4, -0.2) is 44.1 Å². The van der Waals surface area contributed by atoms with Crippen molar-refractivity contribution in [3.63, 3.8) is 0 Å². The number of nitrogens with zero attached hydrogens (tertiary/aromatic N) is 5. The number of hydrogen-bond acceptors (Lipinski definition) is 7. The molecule has 0 unspecified atom stereocenters. The molecule has 1 aromatic carbocycles. The van der Waals surface area contributed by atoms with Crippen LogP contribution in [0, 0.1) is 5.82 Å². The number of alkyl halides is 5. The molecule has 5 rings (SSSR count). The lowest BCUT2D eigenvalue weighted by molar-refractivity contribution is -0.165. The van der Waals surface area contributed by atoms with Crippen molar-refractivity contribution < 1.29 is 40.4 Å². The molecule has 210 valence electrons. The van der Waals surface area contributed by atoms with Gasteiger partial charge in [0.25, 0.3) is 0 Å². The molecule has 1 N–H and O–H groups in total. The molecule has 0 saturated heterocycles. The van der Waals surface area contributed by atoms with E-state index in [0.29, 0.717) is 27.2 Å². The van der Waals surface area contributed by atoms with E-state index in [-0.39, 0.29) is 42.3 Å². The van der Waals surface area contributed by atoms with E-state index in [2.05, 4.69) is 25.5 Å². The van der Waals surface area contributed by atoms with E-state index in [1.54, 1.807) is 6.07 Å². The predicted molar refractivity (Wildman–Crippen MR) is 126 cm³/mol. The fourth-order valence-corrected chi connectivity index (χ4v) is 4.16. The average Bonchev–Trinajstić information content (AvgIpc) is 3.44. The molecule has 0 radical (unpaired) electrons. The first-order valence-electron chi connectivity index (χ1n) is 11.8. The minimum atomic E-state index is -4.49. The highest BCUT2D eigenvalue weighted by molar-refractivity contribution is 5.91. The van der Waals surface area contributed by atoms with E-state index in [9.17, 15) is 31.1 Å². The normalized spacial score (nSPS) is 14.4. The zero-order chi connectivity index (χ0) is 28.7. The Morgan fingerprint density at radius 1 is 1.15 bits per heavy atom. The molecule has 0 atom stereocenters. The molecule has 0 spiro atoms. The molecule has 0 aliphatic heterocycles. The fourth-order valence-electron chi connectivity index (χ4n) is 4.16. The molecule has 1 saturated carbocycles. The number of methoxy groups -OCH3 is 1. The summed E-state index contributed by atoms with van der Waals surface area (Å²) >= 11 is 0. The Hall–Kier alpha value is -4.43. The Morgan fingerprint density at radius 3 is 2.48 bits per heavy atom. The van der Waals surface area contributed by atoms with Crippen LogP contribution in [0.1, 0.15) is 42.1 Å². The van der Waals surface area contributed by atoms with Gasteiger partial charge in [-0.15, -0.1) is 5.10 Å². The standard InChI is InChI=1S/C25H20F6N6O3/c1-39-22-15(12-37(35-22)23(27)28)7-19-32-10-16(11-33-19)13-2-3-14(17(26)6-13)8-21(38)34-20-9-18(40-36-20)24(4-5-24)25(29,30)31/h2-3,6,9-12,23H,4-5,7-8H2,1H3,(H,34,36,38). The Bertz CT molecular complexity index is 1530. The Balaban J connectivity index is 1.22. The molecule has 1 amide bonds. The molecule has 40 heavy (non-hydrogen) atoms. The second kappa shape index (κ2) is 10.3. The maximum atomic E-state index is 14.8. The first kappa shape index (κ1) is 27.1. The second-order valence-corrected chi connectivity index (χ2v) is 9.17. The van der Waals surface area contributed by atoms with E-state index in [0.717, 1.165) is 12.3 Å². The Kier molecular flexibility index (Phi) is 6.98. The molecule has 1 aliphatic rings. The molecular formula is C25H20F6N6O3. The number of carbonyl (C=O) groups excluding carboxylic acids is 1. The maximum Gasteiger partial charge on any atom is 0.401 e. The number of anilines is 1. The van der Waals surface area contributed by atoms with Gasteiger partial charge in [0.2, 0.25) is 11.8 Å². The number of ether oxygens (including phenoxy) is 1. The zero-order valence-electron chi connectivity index (χ0n) is 20.7. The monoisotopic (exact) mass is 566 g/mol. The van der Waals surface area contributed by atoms with Gasteiger partial charge in [0.1, 0.15) is 17.1 Å². The largest absolute Gasteiger partial charge is 0.480 e. The summed E-state index contributed by atoms with van der Waals surface area (Å²) in [6.45, 7) is -2.83. The van der Waals surface area contributed by atoms with Gasteiger partial charge in [-0.1, -0.05) is 17.3 Å². The number of rotatable bonds is 9. The van der Waals surface area contributed by atoms with Gasteiger partial charge in [-0.05, 0) is 30.0 Å². The topological polar surface area (TPSA) is 108 Å². The van der Waals surface area contributed by atoms with Crippen LogP contribution in [0.4, 0.5) is 32.2 Å². The lowest BCUT2D eigenvalue weighted by Gasteiger charge is -2.14. The third-order valence-electron chi connectivity index (χ3n) is 6.50. The van der Waals surface area contributed by atoms with Crippen molar-refractivity contribution in [2.75, 3.05) is 12.4 Å². The van der Waals surface area contributed by atoms with Crippen LogP contribution in [-0.2, 0) is 23.1 Å². The number of carbonyl (C=O) groups is 1. The van der Waals surface area contributed by atoms with Gasteiger partial charge in [0.15, 0.2) is 11.6 Å². The lowest BCUT2D eigenvalue weighted by Crippen LogP contribution is -2.28. The van der Waals surface area contributed by atoms with Crippen LogP contribution >= 0.6 is 0 Å². The summed E-state index contributed by atoms with van der Waals surface area (Å²) < 4.78 is 90.6. The molecule has 15 heteroatoms. The summed E-state index contributed by atoms with van der Waals surface area (Å²) in [5.41, 5.74) is -0.794. The van der Waals surface area contributed by atoms with Crippen molar-refractivity contribution in [2.45, 2.75) is 43.8 Å². The van der Waals surface area contributed by atoms with E-state index < -0.39 is 36.3 Å². The van der Waals surface area contributed by atoms with Crippen LogP contribution < -0.4 is 10.1 Å². The van der Waals surface area contributed by atoms with Crippen molar-refractivity contribution in [1.29, 1.82) is 0 Å². The zero-order valence-corrected chi connectivity index (χ0v) is 20.7. The lowest BCUT2D eigenvalue weighted by atomic mass is 10.0. The summed E-state index contributed by atoms with van der Waals surface area (Å²) in [6, 6.07) is 5.15. The van der Waals surface area contributed by atoms with Crippen LogP contribution in [0.2, 0.25) is 0 Å². The minimum Gasteiger partial charge on any atom is -0.480 e. The smallest absolute Gasteiger partial charge is 0.401 e. The van der Waals surface area contributed by atoms with Crippen molar-refractivity contribution >= 4 is 11.7 Å². The molecule has 3 aromatic heterocycles. The summed E-state index contributed by atoms with van der Waals surface area (Å²) in [4.78, 5) is 20.8. The third-order valence-corrected chi connectivity index (χ3v) is 6.50. The summed E-state index contributed by atoms with van der Waals surface area (Å²) in [7, 11) is 1.30. The predicted octanol–water partition coefficient (Wildman–Crippen LogP) is 5.24. The van der Waals surface area contributed by atoms with Crippen LogP contribution in [0.15, 0.2) is 47.4 Å². The average molecular weight is 566 g/mol. The maximum absolute atomic E-state index is 14.8. The molecule has 9 nitrogen and oxygen atoms in total. The van der Waals surface area contributed by atoms with E-state index >= 15 is 0 Å². The summed E-state index contributed by atoms with van der Waals surface area (Å²) in [5.74, 6) is -1.64. The van der Waals surface area contributed by atoms with Crippen LogP contribution in [0.25, 0.3) is 11.1 Å². The third kappa shape index (κ3) is 5.35. The van der Waals surface area contributed by atoms with Crippen LogP contribution in [0.3, 0.4) is 0 Å².